The van der Waals surface area contributed by atoms with Gasteiger partial charge in [-0.3, -0.25) is 4.68 Å². The Morgan fingerprint density at radius 2 is 2.39 bits per heavy atom. The van der Waals surface area contributed by atoms with Crippen LogP contribution in [0.1, 0.15) is 26.2 Å². The van der Waals surface area contributed by atoms with Crippen LogP contribution >= 0.6 is 0 Å². The van der Waals surface area contributed by atoms with E-state index in [1.165, 1.54) is 12.8 Å². The van der Waals surface area contributed by atoms with Crippen molar-refractivity contribution in [3.63, 3.8) is 0 Å². The van der Waals surface area contributed by atoms with Gasteiger partial charge in [-0.25, -0.2) is 0 Å². The van der Waals surface area contributed by atoms with Gasteiger partial charge in [0.1, 0.15) is 6.10 Å². The predicted octanol–water partition coefficient (Wildman–Crippen LogP) is 1.44. The van der Waals surface area contributed by atoms with Crippen molar-refractivity contribution in [1.82, 2.24) is 15.1 Å². The summed E-state index contributed by atoms with van der Waals surface area (Å²) < 4.78 is 13.0. The molecule has 0 bridgehead atoms. The molecular formula is C13H23N3O2. The fraction of sp³-hybridized carbons (Fsp3) is 0.769. The molecule has 5 heteroatoms. The van der Waals surface area contributed by atoms with Crippen molar-refractivity contribution >= 4 is 0 Å². The molecule has 1 aliphatic carbocycles. The molecule has 1 aromatic heterocycles. The Morgan fingerprint density at radius 3 is 3.06 bits per heavy atom. The van der Waals surface area contributed by atoms with E-state index < -0.39 is 0 Å². The highest BCUT2D eigenvalue weighted by atomic mass is 16.5. The molecule has 1 atom stereocenters. The summed E-state index contributed by atoms with van der Waals surface area (Å²) in [5.41, 5.74) is 0. The van der Waals surface area contributed by atoms with E-state index in [9.17, 15) is 0 Å². The summed E-state index contributed by atoms with van der Waals surface area (Å²) in [4.78, 5) is 0. The predicted molar refractivity (Wildman–Crippen MR) is 69.8 cm³/mol. The van der Waals surface area contributed by atoms with Gasteiger partial charge in [-0.1, -0.05) is 6.92 Å². The number of aromatic nitrogens is 2. The largest absolute Gasteiger partial charge is 0.483 e. The fourth-order valence-corrected chi connectivity index (χ4v) is 1.86. The second kappa shape index (κ2) is 6.75. The van der Waals surface area contributed by atoms with Crippen molar-refractivity contribution in [1.29, 1.82) is 0 Å². The number of nitrogens with zero attached hydrogens (tertiary/aromatic N) is 2. The van der Waals surface area contributed by atoms with Gasteiger partial charge in [0.2, 0.25) is 0 Å². The number of rotatable bonds is 9. The number of hydrogen-bond donors (Lipinski definition) is 1. The molecule has 1 aliphatic rings. The van der Waals surface area contributed by atoms with Gasteiger partial charge in [-0.2, -0.15) is 5.10 Å². The Kier molecular flexibility index (Phi) is 5.01. The van der Waals surface area contributed by atoms with Crippen LogP contribution in [0.25, 0.3) is 0 Å². The highest BCUT2D eigenvalue weighted by molar-refractivity contribution is 5.12. The molecule has 1 N–H and O–H groups in total. The van der Waals surface area contributed by atoms with Gasteiger partial charge in [-0.05, 0) is 19.3 Å². The number of ether oxygens (including phenoxy) is 2. The van der Waals surface area contributed by atoms with Crippen LogP contribution in [-0.4, -0.2) is 42.2 Å². The second-order valence-electron chi connectivity index (χ2n) is 4.82. The Balaban J connectivity index is 1.80. The third-order valence-electron chi connectivity index (χ3n) is 2.93. The van der Waals surface area contributed by atoms with Crippen LogP contribution in [0, 0.1) is 0 Å². The lowest BCUT2D eigenvalue weighted by atomic mass is 10.3. The average molecular weight is 253 g/mol. The molecule has 0 aliphatic heterocycles. The zero-order valence-corrected chi connectivity index (χ0v) is 11.3. The fourth-order valence-electron chi connectivity index (χ4n) is 1.86. The van der Waals surface area contributed by atoms with Gasteiger partial charge in [-0.15, -0.1) is 0 Å². The maximum Gasteiger partial charge on any atom is 0.157 e. The number of nitrogens with one attached hydrogen (secondary N) is 1. The maximum absolute atomic E-state index is 5.89. The monoisotopic (exact) mass is 253 g/mol. The summed E-state index contributed by atoms with van der Waals surface area (Å²) in [6, 6.07) is 0.691. The van der Waals surface area contributed by atoms with E-state index in [1.54, 1.807) is 13.3 Å². The smallest absolute Gasteiger partial charge is 0.157 e. The Hall–Kier alpha value is -1.07. The molecule has 1 heterocycles. The minimum Gasteiger partial charge on any atom is -0.483 e. The van der Waals surface area contributed by atoms with Crippen molar-refractivity contribution < 1.29 is 9.47 Å². The zero-order chi connectivity index (χ0) is 12.8. The van der Waals surface area contributed by atoms with Crippen molar-refractivity contribution in [3.8, 4) is 5.75 Å². The van der Waals surface area contributed by atoms with E-state index in [2.05, 4.69) is 17.3 Å². The molecule has 2 rings (SSSR count). The summed E-state index contributed by atoms with van der Waals surface area (Å²) in [6.45, 7) is 4.49. The minimum absolute atomic E-state index is 0.0508. The van der Waals surface area contributed by atoms with Gasteiger partial charge in [0, 0.05) is 26.2 Å². The first-order chi connectivity index (χ1) is 8.81. The molecule has 0 amide bonds. The van der Waals surface area contributed by atoms with E-state index in [-0.39, 0.29) is 6.10 Å². The molecule has 1 aromatic rings. The lowest BCUT2D eigenvalue weighted by Crippen LogP contribution is -2.35. The average Bonchev–Trinajstić information content (AvgIpc) is 3.09. The Bertz CT molecular complexity index is 350. The normalized spacial score (nSPS) is 16.8. The number of aryl methyl sites for hydroxylation is 1. The van der Waals surface area contributed by atoms with Gasteiger partial charge >= 0.3 is 0 Å². The zero-order valence-electron chi connectivity index (χ0n) is 11.3. The van der Waals surface area contributed by atoms with E-state index in [1.807, 2.05) is 10.9 Å². The van der Waals surface area contributed by atoms with Crippen LogP contribution < -0.4 is 10.1 Å². The van der Waals surface area contributed by atoms with Crippen molar-refractivity contribution in [2.24, 2.45) is 0 Å². The van der Waals surface area contributed by atoms with E-state index >= 15 is 0 Å². The summed E-state index contributed by atoms with van der Waals surface area (Å²) in [5, 5.41) is 7.72. The Labute approximate surface area is 108 Å². The van der Waals surface area contributed by atoms with Gasteiger partial charge < -0.3 is 14.8 Å². The van der Waals surface area contributed by atoms with Crippen molar-refractivity contribution in [2.75, 3.05) is 20.3 Å². The topological polar surface area (TPSA) is 48.3 Å². The summed E-state index contributed by atoms with van der Waals surface area (Å²) >= 11 is 0. The maximum atomic E-state index is 5.89. The van der Waals surface area contributed by atoms with Crippen LogP contribution in [-0.2, 0) is 11.3 Å². The highest BCUT2D eigenvalue weighted by Gasteiger charge is 2.22. The lowest BCUT2D eigenvalue weighted by Gasteiger charge is -2.17. The first kappa shape index (κ1) is 13.4. The van der Waals surface area contributed by atoms with Crippen LogP contribution in [0.4, 0.5) is 0 Å². The van der Waals surface area contributed by atoms with E-state index in [4.69, 9.17) is 9.47 Å². The third-order valence-corrected chi connectivity index (χ3v) is 2.93. The molecule has 0 spiro atoms. The molecule has 0 aromatic carbocycles. The van der Waals surface area contributed by atoms with E-state index in [0.29, 0.717) is 12.6 Å². The van der Waals surface area contributed by atoms with Crippen LogP contribution in [0.15, 0.2) is 12.4 Å². The number of hydrogen-bond acceptors (Lipinski definition) is 4. The molecular weight excluding hydrogens is 230 g/mol. The molecule has 1 unspecified atom stereocenters. The van der Waals surface area contributed by atoms with Gasteiger partial charge in [0.05, 0.1) is 19.0 Å². The van der Waals surface area contributed by atoms with Crippen molar-refractivity contribution in [3.05, 3.63) is 12.4 Å². The SMILES string of the molecule is CCCn1cc(OC(CNC2CC2)COC)cn1. The summed E-state index contributed by atoms with van der Waals surface area (Å²) in [7, 11) is 1.70. The quantitative estimate of drug-likeness (QED) is 0.723. The number of methoxy groups -OCH3 is 1. The minimum atomic E-state index is 0.0508. The lowest BCUT2D eigenvalue weighted by molar-refractivity contribution is 0.0803. The second-order valence-corrected chi connectivity index (χ2v) is 4.82. The standard InChI is InChI=1S/C13H23N3O2/c1-3-6-16-9-12(8-15-16)18-13(10-17-2)7-14-11-4-5-11/h8-9,11,13-14H,3-7,10H2,1-2H3. The summed E-state index contributed by atoms with van der Waals surface area (Å²) in [5.74, 6) is 0.822. The third kappa shape index (κ3) is 4.31. The molecule has 1 fully saturated rings. The molecule has 18 heavy (non-hydrogen) atoms. The van der Waals surface area contributed by atoms with Crippen LogP contribution in [0.3, 0.4) is 0 Å². The molecule has 102 valence electrons. The molecule has 0 radical (unpaired) electrons. The Morgan fingerprint density at radius 1 is 1.56 bits per heavy atom. The van der Waals surface area contributed by atoms with Crippen molar-refractivity contribution in [2.45, 2.75) is 44.9 Å². The van der Waals surface area contributed by atoms with Gasteiger partial charge in [0.15, 0.2) is 5.75 Å². The molecule has 1 saturated carbocycles. The van der Waals surface area contributed by atoms with Gasteiger partial charge in [0.25, 0.3) is 0 Å². The first-order valence-corrected chi connectivity index (χ1v) is 6.73. The van der Waals surface area contributed by atoms with Crippen LogP contribution in [0.5, 0.6) is 5.75 Å². The molecule has 0 saturated heterocycles. The summed E-state index contributed by atoms with van der Waals surface area (Å²) in [6.07, 6.45) is 7.42. The highest BCUT2D eigenvalue weighted by Crippen LogP contribution is 2.19. The van der Waals surface area contributed by atoms with E-state index in [0.717, 1.165) is 25.3 Å². The van der Waals surface area contributed by atoms with Crippen LogP contribution in [0.2, 0.25) is 0 Å². The molecule has 5 nitrogen and oxygen atoms in total. The first-order valence-electron chi connectivity index (χ1n) is 6.73.